The fourth-order valence-electron chi connectivity index (χ4n) is 3.83. The van der Waals surface area contributed by atoms with Crippen LogP contribution in [0.15, 0.2) is 12.2 Å². The molecule has 5 atom stereocenters. The number of rotatable bonds is 1. The van der Waals surface area contributed by atoms with Crippen LogP contribution in [-0.4, -0.2) is 12.6 Å². The van der Waals surface area contributed by atoms with Gasteiger partial charge in [-0.2, -0.15) is 0 Å². The smallest absolute Gasteiger partial charge is 0.309 e. The fraction of sp³-hybridized carbons (Fsp3) is 0.769. The zero-order valence-corrected chi connectivity index (χ0v) is 9.19. The van der Waals surface area contributed by atoms with Crippen molar-refractivity contribution in [3.63, 3.8) is 0 Å². The van der Waals surface area contributed by atoms with Crippen LogP contribution in [-0.2, 0) is 9.53 Å². The summed E-state index contributed by atoms with van der Waals surface area (Å²) in [7, 11) is 0. The largest absolute Gasteiger partial charge is 0.465 e. The Morgan fingerprint density at radius 2 is 2.27 bits per heavy atom. The molecule has 2 heteroatoms. The van der Waals surface area contributed by atoms with Crippen LogP contribution in [0.2, 0.25) is 0 Å². The Hall–Kier alpha value is -0.790. The average molecular weight is 206 g/mol. The molecule has 15 heavy (non-hydrogen) atoms. The molecular formula is C13H18O2. The molecular weight excluding hydrogens is 188 g/mol. The van der Waals surface area contributed by atoms with Gasteiger partial charge >= 0.3 is 5.97 Å². The van der Waals surface area contributed by atoms with Crippen LogP contribution in [0, 0.1) is 29.6 Å². The number of carbonyl (C=O) groups excluding carboxylic acids is 1. The summed E-state index contributed by atoms with van der Waals surface area (Å²) < 4.78 is 5.19. The van der Waals surface area contributed by atoms with E-state index in [4.69, 9.17) is 4.74 Å². The molecule has 0 unspecified atom stereocenters. The van der Waals surface area contributed by atoms with E-state index in [1.807, 2.05) is 0 Å². The summed E-state index contributed by atoms with van der Waals surface area (Å²) in [6.07, 6.45) is 8.38. The van der Waals surface area contributed by atoms with E-state index in [0.29, 0.717) is 24.4 Å². The van der Waals surface area contributed by atoms with Gasteiger partial charge < -0.3 is 4.74 Å². The van der Waals surface area contributed by atoms with Crippen molar-refractivity contribution in [2.45, 2.75) is 26.2 Å². The Kier molecular flexibility index (Phi) is 2.11. The predicted octanol–water partition coefficient (Wildman–Crippen LogP) is 2.40. The predicted molar refractivity (Wildman–Crippen MR) is 57.1 cm³/mol. The molecule has 0 aromatic heterocycles. The van der Waals surface area contributed by atoms with E-state index >= 15 is 0 Å². The lowest BCUT2D eigenvalue weighted by Crippen LogP contribution is -2.31. The van der Waals surface area contributed by atoms with Gasteiger partial charge in [-0.15, -0.1) is 0 Å². The highest BCUT2D eigenvalue weighted by Gasteiger charge is 2.49. The SMILES string of the molecule is CC[C@H]1CC[C@@H]2[C@@H]1C=C[C@H]1COC(=O)[C@@H]21. The minimum Gasteiger partial charge on any atom is -0.465 e. The quantitative estimate of drug-likeness (QED) is 0.486. The van der Waals surface area contributed by atoms with Gasteiger partial charge in [0.05, 0.1) is 12.5 Å². The first-order valence-corrected chi connectivity index (χ1v) is 6.16. The highest BCUT2D eigenvalue weighted by Crippen LogP contribution is 2.50. The van der Waals surface area contributed by atoms with Crippen LogP contribution in [0.3, 0.4) is 0 Å². The Bertz CT molecular complexity index is 308. The number of cyclic esters (lactones) is 1. The Labute approximate surface area is 90.7 Å². The monoisotopic (exact) mass is 206 g/mol. The topological polar surface area (TPSA) is 26.3 Å². The lowest BCUT2D eigenvalue weighted by Gasteiger charge is -2.30. The highest BCUT2D eigenvalue weighted by atomic mass is 16.5. The van der Waals surface area contributed by atoms with Crippen LogP contribution < -0.4 is 0 Å². The first kappa shape index (κ1) is 9.44. The van der Waals surface area contributed by atoms with Crippen LogP contribution in [0.4, 0.5) is 0 Å². The maximum absolute atomic E-state index is 11.7. The van der Waals surface area contributed by atoms with E-state index in [0.717, 1.165) is 5.92 Å². The minimum absolute atomic E-state index is 0.0658. The zero-order valence-electron chi connectivity index (χ0n) is 9.19. The number of fused-ring (bicyclic) bond motifs is 3. The van der Waals surface area contributed by atoms with Gasteiger partial charge in [0.2, 0.25) is 0 Å². The average Bonchev–Trinajstić information content (AvgIpc) is 2.81. The molecule has 3 rings (SSSR count). The number of hydrogen-bond donors (Lipinski definition) is 0. The summed E-state index contributed by atoms with van der Waals surface area (Å²) in [4.78, 5) is 11.7. The lowest BCUT2D eigenvalue weighted by atomic mass is 9.71. The number of ether oxygens (including phenoxy) is 1. The first-order valence-electron chi connectivity index (χ1n) is 6.16. The van der Waals surface area contributed by atoms with Crippen LogP contribution >= 0.6 is 0 Å². The Morgan fingerprint density at radius 3 is 3.07 bits per heavy atom. The van der Waals surface area contributed by atoms with Crippen molar-refractivity contribution in [1.82, 2.24) is 0 Å². The molecule has 82 valence electrons. The van der Waals surface area contributed by atoms with Crippen molar-refractivity contribution < 1.29 is 9.53 Å². The van der Waals surface area contributed by atoms with Gasteiger partial charge in [-0.05, 0) is 30.6 Å². The number of allylic oxidation sites excluding steroid dienone is 1. The second kappa shape index (κ2) is 3.36. The summed E-state index contributed by atoms with van der Waals surface area (Å²) in [6, 6.07) is 0. The van der Waals surface area contributed by atoms with E-state index < -0.39 is 0 Å². The summed E-state index contributed by atoms with van der Waals surface area (Å²) in [5.74, 6) is 2.68. The molecule has 0 spiro atoms. The molecule has 1 saturated heterocycles. The van der Waals surface area contributed by atoms with Crippen molar-refractivity contribution in [3.8, 4) is 0 Å². The highest BCUT2D eigenvalue weighted by molar-refractivity contribution is 5.76. The molecule has 1 saturated carbocycles. The fourth-order valence-corrected chi connectivity index (χ4v) is 3.83. The van der Waals surface area contributed by atoms with E-state index in [-0.39, 0.29) is 11.9 Å². The molecule has 2 aliphatic carbocycles. The molecule has 3 aliphatic rings. The third-order valence-corrected chi connectivity index (χ3v) is 4.63. The van der Waals surface area contributed by atoms with E-state index in [1.54, 1.807) is 0 Å². The van der Waals surface area contributed by atoms with Gasteiger partial charge in [-0.1, -0.05) is 25.5 Å². The molecule has 0 N–H and O–H groups in total. The molecule has 1 aliphatic heterocycles. The van der Waals surface area contributed by atoms with Gasteiger partial charge in [-0.25, -0.2) is 0 Å². The van der Waals surface area contributed by atoms with Crippen molar-refractivity contribution in [2.24, 2.45) is 29.6 Å². The van der Waals surface area contributed by atoms with E-state index in [2.05, 4.69) is 19.1 Å². The summed E-state index contributed by atoms with van der Waals surface area (Å²) in [5.41, 5.74) is 0. The van der Waals surface area contributed by atoms with Crippen LogP contribution in [0.5, 0.6) is 0 Å². The zero-order chi connectivity index (χ0) is 10.4. The maximum Gasteiger partial charge on any atom is 0.309 e. The molecule has 2 nitrogen and oxygen atoms in total. The second-order valence-corrected chi connectivity index (χ2v) is 5.19. The van der Waals surface area contributed by atoms with Crippen LogP contribution in [0.25, 0.3) is 0 Å². The standard InChI is InChI=1S/C13H18O2/c1-2-8-3-6-11-10(8)5-4-9-7-15-13(14)12(9)11/h4-5,8-12H,2-3,6-7H2,1H3/t8-,9-,10+,11+,12+/m0/s1. The van der Waals surface area contributed by atoms with Crippen molar-refractivity contribution >= 4 is 5.97 Å². The van der Waals surface area contributed by atoms with Gasteiger partial charge in [-0.3, -0.25) is 4.79 Å². The lowest BCUT2D eigenvalue weighted by molar-refractivity contribution is -0.143. The van der Waals surface area contributed by atoms with Crippen LogP contribution in [0.1, 0.15) is 26.2 Å². The minimum atomic E-state index is 0.0658. The molecule has 0 radical (unpaired) electrons. The molecule has 0 aromatic rings. The Morgan fingerprint density at radius 1 is 1.40 bits per heavy atom. The summed E-state index contributed by atoms with van der Waals surface area (Å²) in [6.45, 7) is 2.89. The molecule has 1 heterocycles. The van der Waals surface area contributed by atoms with Crippen molar-refractivity contribution in [2.75, 3.05) is 6.61 Å². The second-order valence-electron chi connectivity index (χ2n) is 5.19. The summed E-state index contributed by atoms with van der Waals surface area (Å²) >= 11 is 0. The number of hydrogen-bond acceptors (Lipinski definition) is 2. The van der Waals surface area contributed by atoms with Gasteiger partial charge in [0.1, 0.15) is 0 Å². The molecule has 0 bridgehead atoms. The van der Waals surface area contributed by atoms with Gasteiger partial charge in [0.25, 0.3) is 0 Å². The van der Waals surface area contributed by atoms with Crippen molar-refractivity contribution in [1.29, 1.82) is 0 Å². The van der Waals surface area contributed by atoms with E-state index in [1.165, 1.54) is 19.3 Å². The molecule has 0 aromatic carbocycles. The summed E-state index contributed by atoms with van der Waals surface area (Å²) in [5, 5.41) is 0. The van der Waals surface area contributed by atoms with Gasteiger partial charge in [0.15, 0.2) is 0 Å². The Balaban J connectivity index is 1.89. The first-order chi connectivity index (χ1) is 7.31. The third kappa shape index (κ3) is 1.27. The van der Waals surface area contributed by atoms with Crippen molar-refractivity contribution in [3.05, 3.63) is 12.2 Å². The molecule has 0 amide bonds. The maximum atomic E-state index is 11.7. The molecule has 2 fully saturated rings. The third-order valence-electron chi connectivity index (χ3n) is 4.63. The number of esters is 1. The van der Waals surface area contributed by atoms with E-state index in [9.17, 15) is 4.79 Å². The normalized spacial score (nSPS) is 47.5. The van der Waals surface area contributed by atoms with Gasteiger partial charge in [0, 0.05) is 5.92 Å². The number of carbonyl (C=O) groups is 1.